The molecule has 8 heteroatoms. The van der Waals surface area contributed by atoms with Gasteiger partial charge in [-0.1, -0.05) is 6.07 Å². The Morgan fingerprint density at radius 2 is 2.04 bits per heavy atom. The van der Waals surface area contributed by atoms with Gasteiger partial charge in [-0.25, -0.2) is 13.1 Å². The van der Waals surface area contributed by atoms with Gasteiger partial charge in [-0.3, -0.25) is 4.79 Å². The van der Waals surface area contributed by atoms with Crippen LogP contribution in [0.15, 0.2) is 40.6 Å². The van der Waals surface area contributed by atoms with E-state index >= 15 is 0 Å². The van der Waals surface area contributed by atoms with Crippen molar-refractivity contribution in [3.05, 3.63) is 40.6 Å². The van der Waals surface area contributed by atoms with Crippen LogP contribution in [0.4, 0.5) is 5.69 Å². The monoisotopic (exact) mass is 354 g/mol. The van der Waals surface area contributed by atoms with Gasteiger partial charge in [-0.2, -0.15) is 0 Å². The van der Waals surface area contributed by atoms with Gasteiger partial charge in [0.15, 0.2) is 0 Å². The molecular weight excluding hydrogens is 336 g/mol. The molecule has 0 spiro atoms. The highest BCUT2D eigenvalue weighted by atomic mass is 32.2. The summed E-state index contributed by atoms with van der Waals surface area (Å²) in [5.41, 5.74) is 0.422. The second kappa shape index (κ2) is 7.12. The maximum absolute atomic E-state index is 12.5. The number of methoxy groups -OCH3 is 1. The van der Waals surface area contributed by atoms with Gasteiger partial charge in [0.2, 0.25) is 15.9 Å². The summed E-state index contributed by atoms with van der Waals surface area (Å²) in [7, 11) is -2.28. The minimum atomic E-state index is -3.70. The molecule has 0 saturated heterocycles. The molecule has 0 aliphatic rings. The number of carbonyl (C=O) groups excluding carboxylic acids is 1. The van der Waals surface area contributed by atoms with Crippen LogP contribution in [0.2, 0.25) is 0 Å². The summed E-state index contributed by atoms with van der Waals surface area (Å²) >= 11 is 1.48. The predicted octanol–water partition coefficient (Wildman–Crippen LogP) is 2.75. The average molecular weight is 354 g/mol. The second-order valence-electron chi connectivity index (χ2n) is 4.90. The zero-order chi connectivity index (χ0) is 17.0. The Balaban J connectivity index is 2.27. The van der Waals surface area contributed by atoms with Crippen LogP contribution in [-0.2, 0) is 14.8 Å². The number of nitrogens with one attached hydrogen (secondary N) is 2. The van der Waals surface area contributed by atoms with Gasteiger partial charge in [-0.05, 0) is 30.5 Å². The highest BCUT2D eigenvalue weighted by molar-refractivity contribution is 7.89. The van der Waals surface area contributed by atoms with Crippen LogP contribution in [0.3, 0.4) is 0 Å². The van der Waals surface area contributed by atoms with Crippen LogP contribution in [-0.4, -0.2) is 21.4 Å². The quantitative estimate of drug-likeness (QED) is 0.835. The highest BCUT2D eigenvalue weighted by Crippen LogP contribution is 2.28. The Morgan fingerprint density at radius 3 is 2.61 bits per heavy atom. The molecule has 1 aromatic carbocycles. The van der Waals surface area contributed by atoms with Gasteiger partial charge in [0.05, 0.1) is 23.7 Å². The lowest BCUT2D eigenvalue weighted by atomic mass is 10.3. The van der Waals surface area contributed by atoms with E-state index in [9.17, 15) is 13.2 Å². The van der Waals surface area contributed by atoms with Gasteiger partial charge in [-0.15, -0.1) is 11.3 Å². The summed E-state index contributed by atoms with van der Waals surface area (Å²) in [6.07, 6.45) is 0. The number of ether oxygens (including phenoxy) is 1. The number of hydrogen-bond donors (Lipinski definition) is 2. The van der Waals surface area contributed by atoms with Crippen LogP contribution in [0.25, 0.3) is 0 Å². The van der Waals surface area contributed by atoms with E-state index in [-0.39, 0.29) is 22.6 Å². The number of sulfonamides is 1. The van der Waals surface area contributed by atoms with E-state index in [1.54, 1.807) is 6.92 Å². The van der Waals surface area contributed by atoms with Crippen molar-refractivity contribution in [1.82, 2.24) is 4.72 Å². The summed E-state index contributed by atoms with van der Waals surface area (Å²) in [4.78, 5) is 12.1. The molecule has 2 N–H and O–H groups in total. The molecule has 0 aliphatic heterocycles. The molecule has 2 rings (SSSR count). The van der Waals surface area contributed by atoms with Crippen molar-refractivity contribution in [3.8, 4) is 5.75 Å². The average Bonchev–Trinajstić information content (AvgIpc) is 3.00. The van der Waals surface area contributed by atoms with Crippen LogP contribution >= 0.6 is 11.3 Å². The molecule has 0 saturated carbocycles. The number of carbonyl (C=O) groups is 1. The van der Waals surface area contributed by atoms with Gasteiger partial charge in [0, 0.05) is 17.9 Å². The molecule has 2 aromatic rings. The fraction of sp³-hybridized carbons (Fsp3) is 0.267. The minimum Gasteiger partial charge on any atom is -0.495 e. The van der Waals surface area contributed by atoms with E-state index in [1.807, 2.05) is 17.5 Å². The topological polar surface area (TPSA) is 84.5 Å². The van der Waals surface area contributed by atoms with E-state index in [0.717, 1.165) is 4.88 Å². The summed E-state index contributed by atoms with van der Waals surface area (Å²) in [6, 6.07) is 7.73. The molecule has 1 atom stereocenters. The fourth-order valence-electron chi connectivity index (χ4n) is 2.03. The highest BCUT2D eigenvalue weighted by Gasteiger charge is 2.20. The number of thiophene rings is 1. The van der Waals surface area contributed by atoms with Crippen molar-refractivity contribution in [2.24, 2.45) is 0 Å². The van der Waals surface area contributed by atoms with Crippen molar-refractivity contribution >= 4 is 33.0 Å². The molecule has 0 radical (unpaired) electrons. The number of hydrogen-bond acceptors (Lipinski definition) is 5. The van der Waals surface area contributed by atoms with Crippen molar-refractivity contribution in [2.75, 3.05) is 12.4 Å². The summed E-state index contributed by atoms with van der Waals surface area (Å²) in [6.45, 7) is 3.15. The van der Waals surface area contributed by atoms with Gasteiger partial charge in [0.1, 0.15) is 5.75 Å². The largest absolute Gasteiger partial charge is 0.495 e. The van der Waals surface area contributed by atoms with E-state index in [2.05, 4.69) is 10.0 Å². The normalized spacial score (nSPS) is 12.7. The fourth-order valence-corrected chi connectivity index (χ4v) is 4.08. The van der Waals surface area contributed by atoms with Gasteiger partial charge in [0.25, 0.3) is 0 Å². The second-order valence-corrected chi connectivity index (χ2v) is 7.59. The van der Waals surface area contributed by atoms with Crippen molar-refractivity contribution < 1.29 is 17.9 Å². The third-order valence-corrected chi connectivity index (χ3v) is 5.69. The van der Waals surface area contributed by atoms with E-state index < -0.39 is 10.0 Å². The zero-order valence-corrected chi connectivity index (χ0v) is 14.6. The molecule has 1 heterocycles. The van der Waals surface area contributed by atoms with Crippen LogP contribution in [0.5, 0.6) is 5.75 Å². The Kier molecular flexibility index (Phi) is 5.40. The first-order chi connectivity index (χ1) is 10.8. The van der Waals surface area contributed by atoms with E-state index in [4.69, 9.17) is 4.74 Å². The Bertz CT molecular complexity index is 786. The summed E-state index contributed by atoms with van der Waals surface area (Å²) < 4.78 is 32.8. The molecule has 6 nitrogen and oxygen atoms in total. The predicted molar refractivity (Wildman–Crippen MR) is 90.4 cm³/mol. The summed E-state index contributed by atoms with van der Waals surface area (Å²) in [5, 5.41) is 4.48. The Morgan fingerprint density at radius 1 is 1.30 bits per heavy atom. The lowest BCUT2D eigenvalue weighted by molar-refractivity contribution is -0.114. The zero-order valence-electron chi connectivity index (χ0n) is 13.0. The lowest BCUT2D eigenvalue weighted by Gasteiger charge is -2.15. The van der Waals surface area contributed by atoms with Crippen LogP contribution in [0, 0.1) is 0 Å². The van der Waals surface area contributed by atoms with Gasteiger partial charge >= 0.3 is 0 Å². The van der Waals surface area contributed by atoms with Gasteiger partial charge < -0.3 is 10.1 Å². The Labute approximate surface area is 139 Å². The van der Waals surface area contributed by atoms with Crippen molar-refractivity contribution in [1.29, 1.82) is 0 Å². The number of anilines is 1. The first-order valence-electron chi connectivity index (χ1n) is 6.85. The maximum atomic E-state index is 12.5. The summed E-state index contributed by atoms with van der Waals surface area (Å²) in [5.74, 6) is 0.0233. The molecule has 124 valence electrons. The Hall–Kier alpha value is -1.90. The minimum absolute atomic E-state index is 0.0758. The standard InChI is InChI=1S/C15H18N2O4S2/c1-10(15-5-4-8-22-15)17-23(19,20)12-6-7-13(16-11(2)18)14(9-12)21-3/h4-10,17H,1-3H3,(H,16,18)/t10-/m0/s1. The molecule has 1 aromatic heterocycles. The van der Waals surface area contributed by atoms with E-state index in [1.165, 1.54) is 43.6 Å². The SMILES string of the molecule is COc1cc(S(=O)(=O)N[C@@H](C)c2cccs2)ccc1NC(C)=O. The third kappa shape index (κ3) is 4.31. The number of benzene rings is 1. The van der Waals surface area contributed by atoms with E-state index in [0.29, 0.717) is 5.69 Å². The van der Waals surface area contributed by atoms with Crippen molar-refractivity contribution in [2.45, 2.75) is 24.8 Å². The molecule has 0 aliphatic carbocycles. The maximum Gasteiger partial charge on any atom is 0.241 e. The first kappa shape index (κ1) is 17.5. The molecule has 23 heavy (non-hydrogen) atoms. The molecule has 0 unspecified atom stereocenters. The third-order valence-electron chi connectivity index (χ3n) is 3.10. The van der Waals surface area contributed by atoms with Crippen LogP contribution < -0.4 is 14.8 Å². The van der Waals surface area contributed by atoms with Crippen LogP contribution in [0.1, 0.15) is 24.8 Å². The lowest BCUT2D eigenvalue weighted by Crippen LogP contribution is -2.26. The molecule has 0 bridgehead atoms. The molecular formula is C15H18N2O4S2. The van der Waals surface area contributed by atoms with Crippen molar-refractivity contribution in [3.63, 3.8) is 0 Å². The first-order valence-corrected chi connectivity index (χ1v) is 9.21. The number of rotatable bonds is 6. The smallest absolute Gasteiger partial charge is 0.241 e. The molecule has 0 fully saturated rings. The number of amides is 1. The molecule has 1 amide bonds.